The third-order valence-corrected chi connectivity index (χ3v) is 20.8. The van der Waals surface area contributed by atoms with E-state index < -0.39 is 28.6 Å². The number of pyridine rings is 1. The molecule has 0 fully saturated rings. The Morgan fingerprint density at radius 3 is 1.46 bits per heavy atom. The fourth-order valence-corrected chi connectivity index (χ4v) is 20.6. The van der Waals surface area contributed by atoms with E-state index in [-0.39, 0.29) is 0 Å². The number of hydrogen-bond acceptors (Lipinski definition) is 3. The third-order valence-electron chi connectivity index (χ3n) is 6.33. The van der Waals surface area contributed by atoms with E-state index in [2.05, 4.69) is 0 Å². The Bertz CT molecular complexity index is 1560. The topological polar surface area (TPSA) is 47.3 Å². The molecule has 9 heteroatoms. The summed E-state index contributed by atoms with van der Waals surface area (Å²) in [7, 11) is -6.12. The second-order valence-electron chi connectivity index (χ2n) is 8.38. The first-order valence-electron chi connectivity index (χ1n) is 11.3. The van der Waals surface area contributed by atoms with Crippen LogP contribution in [0.5, 0.6) is 0 Å². The van der Waals surface area contributed by atoms with Gasteiger partial charge in [-0.3, -0.25) is 0 Å². The summed E-state index contributed by atoms with van der Waals surface area (Å²) in [6.45, 7) is 0. The molecule has 0 spiro atoms. The van der Waals surface area contributed by atoms with Crippen LogP contribution in [0.1, 0.15) is 0 Å². The van der Waals surface area contributed by atoms with Gasteiger partial charge in [0.05, 0.1) is 0 Å². The summed E-state index contributed by atoms with van der Waals surface area (Å²) in [6.07, 6.45) is 1.62. The fourth-order valence-electron chi connectivity index (χ4n) is 4.81. The standard InChI is InChI=1S/C28H22AsF3NO3S/c30-28(31,32)37(34,35)36-29(24-15-4-1-5-16-24,25-17-6-2-7-18-25,26-19-8-3-9-20-26)33-22-12-14-23-13-10-11-21-27(23)33/h1-22H/q+1. The van der Waals surface area contributed by atoms with Crippen molar-refractivity contribution in [2.45, 2.75) is 5.51 Å². The SMILES string of the molecule is O=S(=O)(O[As](c1ccccc1)(c1ccccc1)(c1ccccc1)[n+]1cccc2ccccc21)C(F)(F)F. The van der Waals surface area contributed by atoms with Crippen LogP contribution in [-0.4, -0.2) is 26.9 Å². The van der Waals surface area contributed by atoms with Gasteiger partial charge in [-0.05, 0) is 0 Å². The molecular weight excluding hydrogens is 562 g/mol. The zero-order valence-corrected chi connectivity index (χ0v) is 22.1. The molecule has 0 bridgehead atoms. The summed E-state index contributed by atoms with van der Waals surface area (Å²) >= 11 is -6.05. The van der Waals surface area contributed by atoms with Gasteiger partial charge < -0.3 is 0 Å². The van der Waals surface area contributed by atoms with Crippen molar-refractivity contribution in [2.24, 2.45) is 0 Å². The van der Waals surface area contributed by atoms with Crippen LogP contribution in [-0.2, 0) is 13.3 Å². The summed E-state index contributed by atoms with van der Waals surface area (Å²) in [5.74, 6) is 0. The monoisotopic (exact) mass is 584 g/mol. The molecule has 0 aliphatic rings. The summed E-state index contributed by atoms with van der Waals surface area (Å²) in [6, 6.07) is 35.8. The molecule has 0 saturated heterocycles. The fraction of sp³-hybridized carbons (Fsp3) is 0.0357. The minimum atomic E-state index is -6.12. The Morgan fingerprint density at radius 2 is 1.00 bits per heavy atom. The quantitative estimate of drug-likeness (QED) is 0.224. The van der Waals surface area contributed by atoms with E-state index in [1.54, 1.807) is 119 Å². The van der Waals surface area contributed by atoms with Crippen LogP contribution >= 0.6 is 0 Å². The summed E-state index contributed by atoms with van der Waals surface area (Å²) in [5, 5.41) is 0.716. The van der Waals surface area contributed by atoms with Gasteiger partial charge >= 0.3 is 214 Å². The Hall–Kier alpha value is -3.45. The molecule has 0 atom stereocenters. The zero-order valence-electron chi connectivity index (χ0n) is 19.4. The third kappa shape index (κ3) is 3.79. The number of aromatic nitrogens is 1. The molecule has 37 heavy (non-hydrogen) atoms. The average Bonchev–Trinajstić information content (AvgIpc) is 2.92. The van der Waals surface area contributed by atoms with Gasteiger partial charge in [0.15, 0.2) is 0 Å². The molecule has 0 saturated carbocycles. The van der Waals surface area contributed by atoms with Gasteiger partial charge in [-0.1, -0.05) is 0 Å². The molecule has 188 valence electrons. The van der Waals surface area contributed by atoms with Crippen molar-refractivity contribution in [1.29, 1.82) is 0 Å². The summed E-state index contributed by atoms with van der Waals surface area (Å²) < 4.78 is 77.6. The van der Waals surface area contributed by atoms with Crippen LogP contribution in [0.15, 0.2) is 134 Å². The van der Waals surface area contributed by atoms with Crippen LogP contribution in [0.3, 0.4) is 0 Å². The first-order chi connectivity index (χ1) is 17.7. The number of rotatable bonds is 6. The van der Waals surface area contributed by atoms with E-state index in [0.717, 1.165) is 0 Å². The summed E-state index contributed by atoms with van der Waals surface area (Å²) in [4.78, 5) is 0. The molecule has 1 heterocycles. The number of alkyl halides is 3. The van der Waals surface area contributed by atoms with E-state index in [9.17, 15) is 21.6 Å². The molecule has 0 aliphatic heterocycles. The predicted molar refractivity (Wildman–Crippen MR) is 140 cm³/mol. The Balaban J connectivity index is 2.15. The number of fused-ring (bicyclic) bond motifs is 1. The van der Waals surface area contributed by atoms with Crippen LogP contribution in [0.25, 0.3) is 10.9 Å². The molecule has 5 rings (SSSR count). The minimum absolute atomic E-state index is 0.340. The van der Waals surface area contributed by atoms with Crippen molar-refractivity contribution in [3.05, 3.63) is 134 Å². The van der Waals surface area contributed by atoms with Crippen molar-refractivity contribution >= 4 is 47.1 Å². The van der Waals surface area contributed by atoms with Crippen molar-refractivity contribution in [3.8, 4) is 0 Å². The van der Waals surface area contributed by atoms with Gasteiger partial charge in [-0.25, -0.2) is 0 Å². The maximum atomic E-state index is 14.2. The van der Waals surface area contributed by atoms with E-state index >= 15 is 0 Å². The van der Waals surface area contributed by atoms with E-state index in [4.69, 9.17) is 3.17 Å². The van der Waals surface area contributed by atoms with Crippen molar-refractivity contribution in [3.63, 3.8) is 0 Å². The van der Waals surface area contributed by atoms with Gasteiger partial charge in [-0.15, -0.1) is 0 Å². The van der Waals surface area contributed by atoms with E-state index in [1.807, 2.05) is 18.2 Å². The molecular formula is C28H22AsF3NO3S+. The van der Waals surface area contributed by atoms with Crippen LogP contribution in [0.4, 0.5) is 13.2 Å². The van der Waals surface area contributed by atoms with Crippen LogP contribution < -0.4 is 16.5 Å². The zero-order chi connectivity index (χ0) is 26.2. The van der Waals surface area contributed by atoms with Crippen molar-refractivity contribution < 1.29 is 28.2 Å². The molecule has 0 unspecified atom stereocenters. The van der Waals surface area contributed by atoms with E-state index in [1.165, 1.54) is 0 Å². The van der Waals surface area contributed by atoms with Gasteiger partial charge in [0.2, 0.25) is 0 Å². The number of para-hydroxylation sites is 1. The van der Waals surface area contributed by atoms with Gasteiger partial charge in [0.25, 0.3) is 0 Å². The van der Waals surface area contributed by atoms with Gasteiger partial charge in [-0.2, -0.15) is 0 Å². The van der Waals surface area contributed by atoms with Crippen LogP contribution in [0, 0.1) is 0 Å². The number of nitrogens with zero attached hydrogens (tertiary/aromatic N) is 1. The second kappa shape index (κ2) is 9.14. The molecule has 0 amide bonds. The first-order valence-corrected chi connectivity index (χ1v) is 17.1. The van der Waals surface area contributed by atoms with Crippen molar-refractivity contribution in [2.75, 3.05) is 0 Å². The van der Waals surface area contributed by atoms with E-state index in [0.29, 0.717) is 24.0 Å². The second-order valence-corrected chi connectivity index (χ2v) is 19.2. The Labute approximate surface area is 213 Å². The molecule has 0 aliphatic carbocycles. The Kier molecular flexibility index (Phi) is 6.22. The molecule has 0 N–H and O–H groups in total. The predicted octanol–water partition coefficient (Wildman–Crippen LogP) is 3.96. The summed E-state index contributed by atoms with van der Waals surface area (Å²) in [5.41, 5.74) is -5.12. The number of hydrogen-bond donors (Lipinski definition) is 0. The Morgan fingerprint density at radius 1 is 0.595 bits per heavy atom. The van der Waals surface area contributed by atoms with Gasteiger partial charge in [0, 0.05) is 0 Å². The van der Waals surface area contributed by atoms with Gasteiger partial charge in [0.1, 0.15) is 0 Å². The number of benzene rings is 4. The molecule has 5 aromatic rings. The maximum absolute atomic E-state index is 14.2. The molecule has 4 nitrogen and oxygen atoms in total. The molecule has 4 aromatic carbocycles. The normalized spacial score (nSPS) is 13.6. The number of halogens is 3. The first kappa shape index (κ1) is 25.2. The van der Waals surface area contributed by atoms with Crippen molar-refractivity contribution in [1.82, 2.24) is 0 Å². The average molecular weight is 584 g/mol. The van der Waals surface area contributed by atoms with Crippen LogP contribution in [0.2, 0.25) is 0 Å². The molecule has 1 aromatic heterocycles. The molecule has 0 radical (unpaired) electrons.